The molecule has 1 saturated heterocycles. The van der Waals surface area contributed by atoms with Gasteiger partial charge < -0.3 is 20.3 Å². The Morgan fingerprint density at radius 2 is 1.74 bits per heavy atom. The van der Waals surface area contributed by atoms with Crippen molar-refractivity contribution in [2.24, 2.45) is 0 Å². The third-order valence-corrected chi connectivity index (χ3v) is 5.58. The molecule has 0 amide bonds. The van der Waals surface area contributed by atoms with Crippen LogP contribution in [0.4, 0.5) is 30.5 Å². The first-order valence-corrected chi connectivity index (χ1v) is 11.0. The number of aromatic nitrogens is 2. The average Bonchev–Trinajstić information content (AvgIpc) is 2.80. The Morgan fingerprint density at radius 1 is 1.00 bits per heavy atom. The van der Waals surface area contributed by atoms with E-state index < -0.39 is 6.36 Å². The van der Waals surface area contributed by atoms with Crippen LogP contribution >= 0.6 is 0 Å². The first-order chi connectivity index (χ1) is 16.3. The zero-order valence-electron chi connectivity index (χ0n) is 18.8. The molecule has 10 heteroatoms. The van der Waals surface area contributed by atoms with Crippen molar-refractivity contribution in [1.82, 2.24) is 19.8 Å². The van der Waals surface area contributed by atoms with Gasteiger partial charge >= 0.3 is 6.36 Å². The number of hydrogen-bond acceptors (Lipinski definition) is 7. The maximum absolute atomic E-state index is 12.3. The fraction of sp³-hybridized carbons (Fsp3) is 0.333. The van der Waals surface area contributed by atoms with Crippen LogP contribution in [0, 0.1) is 0 Å². The summed E-state index contributed by atoms with van der Waals surface area (Å²) >= 11 is 0. The molecule has 0 radical (unpaired) electrons. The van der Waals surface area contributed by atoms with E-state index in [0.717, 1.165) is 32.7 Å². The molecule has 1 aliphatic rings. The zero-order chi connectivity index (χ0) is 24.0. The Morgan fingerprint density at radius 3 is 2.47 bits per heavy atom. The van der Waals surface area contributed by atoms with Gasteiger partial charge in [0.15, 0.2) is 0 Å². The number of nitrogens with one attached hydrogen (secondary N) is 2. The monoisotopic (exact) mass is 472 g/mol. The van der Waals surface area contributed by atoms with Gasteiger partial charge in [0.2, 0.25) is 0 Å². The second kappa shape index (κ2) is 10.7. The lowest BCUT2D eigenvalue weighted by Gasteiger charge is -2.40. The first-order valence-electron chi connectivity index (χ1n) is 11.0. The van der Waals surface area contributed by atoms with Gasteiger partial charge in [-0.3, -0.25) is 4.90 Å². The van der Waals surface area contributed by atoms with Crippen LogP contribution in [-0.4, -0.2) is 65.4 Å². The number of halogens is 3. The molecule has 1 fully saturated rings. The molecular formula is C24H27F3N6O. The van der Waals surface area contributed by atoms with Crippen molar-refractivity contribution < 1.29 is 17.9 Å². The van der Waals surface area contributed by atoms with Crippen molar-refractivity contribution in [3.05, 3.63) is 72.6 Å². The van der Waals surface area contributed by atoms with Crippen LogP contribution in [0.25, 0.3) is 0 Å². The highest BCUT2D eigenvalue weighted by Crippen LogP contribution is 2.25. The van der Waals surface area contributed by atoms with Gasteiger partial charge in [-0.1, -0.05) is 30.3 Å². The van der Waals surface area contributed by atoms with Crippen molar-refractivity contribution in [1.29, 1.82) is 0 Å². The lowest BCUT2D eigenvalue weighted by atomic mass is 10.1. The Labute approximate surface area is 196 Å². The fourth-order valence-electron chi connectivity index (χ4n) is 3.90. The van der Waals surface area contributed by atoms with Crippen LogP contribution in [0.3, 0.4) is 0 Å². The summed E-state index contributed by atoms with van der Waals surface area (Å²) in [7, 11) is 2.13. The van der Waals surface area contributed by atoms with E-state index in [1.807, 2.05) is 6.07 Å². The highest BCUT2D eigenvalue weighted by atomic mass is 19.4. The predicted molar refractivity (Wildman–Crippen MR) is 125 cm³/mol. The fourth-order valence-corrected chi connectivity index (χ4v) is 3.90. The van der Waals surface area contributed by atoms with Gasteiger partial charge in [-0.05, 0) is 36.9 Å². The molecule has 3 aromatic rings. The third kappa shape index (κ3) is 7.06. The highest BCUT2D eigenvalue weighted by molar-refractivity contribution is 5.59. The van der Waals surface area contributed by atoms with E-state index >= 15 is 0 Å². The SMILES string of the molecule is CN1CCN(Cc2ccccc2)C(CNc2cc(Nc3ccc(OC(F)(F)F)cc3)ncn2)C1. The summed E-state index contributed by atoms with van der Waals surface area (Å²) in [5.41, 5.74) is 1.87. The lowest BCUT2D eigenvalue weighted by Crippen LogP contribution is -2.54. The lowest BCUT2D eigenvalue weighted by molar-refractivity contribution is -0.274. The molecule has 0 saturated carbocycles. The van der Waals surface area contributed by atoms with Crippen molar-refractivity contribution in [3.8, 4) is 5.75 Å². The first kappa shape index (κ1) is 23.8. The summed E-state index contributed by atoms with van der Waals surface area (Å²) < 4.78 is 40.9. The van der Waals surface area contributed by atoms with Gasteiger partial charge in [-0.2, -0.15) is 0 Å². The molecule has 1 unspecified atom stereocenters. The number of alkyl halides is 3. The molecule has 4 rings (SSSR count). The van der Waals surface area contributed by atoms with Crippen LogP contribution < -0.4 is 15.4 Å². The van der Waals surface area contributed by atoms with E-state index in [4.69, 9.17) is 0 Å². The van der Waals surface area contributed by atoms with Gasteiger partial charge in [0.1, 0.15) is 23.7 Å². The van der Waals surface area contributed by atoms with Gasteiger partial charge in [0.05, 0.1) is 0 Å². The molecule has 2 aromatic carbocycles. The van der Waals surface area contributed by atoms with E-state index in [2.05, 4.69) is 66.5 Å². The molecule has 1 atom stereocenters. The number of rotatable bonds is 8. The molecule has 2 heterocycles. The van der Waals surface area contributed by atoms with Crippen LogP contribution in [0.1, 0.15) is 5.56 Å². The van der Waals surface area contributed by atoms with Gasteiger partial charge in [-0.15, -0.1) is 13.2 Å². The molecule has 0 aliphatic carbocycles. The molecule has 1 aliphatic heterocycles. The quantitative estimate of drug-likeness (QED) is 0.505. The van der Waals surface area contributed by atoms with E-state index in [-0.39, 0.29) is 5.75 Å². The maximum Gasteiger partial charge on any atom is 0.573 e. The Bertz CT molecular complexity index is 1050. The minimum absolute atomic E-state index is 0.277. The molecule has 0 spiro atoms. The van der Waals surface area contributed by atoms with Gasteiger partial charge in [0.25, 0.3) is 0 Å². The van der Waals surface area contributed by atoms with E-state index in [0.29, 0.717) is 23.4 Å². The standard InChI is InChI=1S/C24H27F3N6O/c1-32-11-12-33(15-18-5-3-2-4-6-18)20(16-32)14-28-22-13-23(30-17-29-22)31-19-7-9-21(10-8-19)34-24(25,26)27/h2-10,13,17,20H,11-12,14-16H2,1H3,(H2,28,29,30,31). The summed E-state index contributed by atoms with van der Waals surface area (Å²) in [4.78, 5) is 13.3. The minimum atomic E-state index is -4.72. The van der Waals surface area contributed by atoms with Gasteiger partial charge in [-0.25, -0.2) is 9.97 Å². The molecule has 2 N–H and O–H groups in total. The van der Waals surface area contributed by atoms with Crippen LogP contribution in [0.5, 0.6) is 5.75 Å². The Kier molecular flexibility index (Phi) is 7.49. The molecule has 7 nitrogen and oxygen atoms in total. The molecule has 0 bridgehead atoms. The normalized spacial score (nSPS) is 17.4. The van der Waals surface area contributed by atoms with Crippen LogP contribution in [0.15, 0.2) is 67.0 Å². The number of anilines is 3. The Balaban J connectivity index is 1.35. The van der Waals surface area contributed by atoms with E-state index in [1.54, 1.807) is 6.07 Å². The number of benzene rings is 2. The van der Waals surface area contributed by atoms with Crippen LogP contribution in [0.2, 0.25) is 0 Å². The van der Waals surface area contributed by atoms with Crippen LogP contribution in [-0.2, 0) is 6.54 Å². The largest absolute Gasteiger partial charge is 0.573 e. The molecular weight excluding hydrogens is 445 g/mol. The summed E-state index contributed by atoms with van der Waals surface area (Å²) in [6.45, 7) is 4.57. The second-order valence-electron chi connectivity index (χ2n) is 8.24. The zero-order valence-corrected chi connectivity index (χ0v) is 18.8. The van der Waals surface area contributed by atoms with Crippen molar-refractivity contribution in [2.75, 3.05) is 43.9 Å². The number of hydrogen-bond donors (Lipinski definition) is 2. The van der Waals surface area contributed by atoms with Crippen molar-refractivity contribution >= 4 is 17.3 Å². The van der Waals surface area contributed by atoms with E-state index in [1.165, 1.54) is 36.2 Å². The van der Waals surface area contributed by atoms with Crippen molar-refractivity contribution in [2.45, 2.75) is 18.9 Å². The van der Waals surface area contributed by atoms with Crippen molar-refractivity contribution in [3.63, 3.8) is 0 Å². The number of ether oxygens (including phenoxy) is 1. The summed E-state index contributed by atoms with van der Waals surface area (Å²) in [6.07, 6.45) is -3.27. The summed E-state index contributed by atoms with van der Waals surface area (Å²) in [5, 5.41) is 6.48. The molecule has 180 valence electrons. The topological polar surface area (TPSA) is 65.5 Å². The molecule has 1 aromatic heterocycles. The number of likely N-dealkylation sites (N-methyl/N-ethyl adjacent to an activating group) is 1. The minimum Gasteiger partial charge on any atom is -0.406 e. The smallest absolute Gasteiger partial charge is 0.406 e. The van der Waals surface area contributed by atoms with Gasteiger partial charge in [0, 0.05) is 50.5 Å². The summed E-state index contributed by atoms with van der Waals surface area (Å²) in [5.74, 6) is 0.923. The highest BCUT2D eigenvalue weighted by Gasteiger charge is 2.31. The molecule has 34 heavy (non-hydrogen) atoms. The van der Waals surface area contributed by atoms with E-state index in [9.17, 15) is 13.2 Å². The summed E-state index contributed by atoms with van der Waals surface area (Å²) in [6, 6.07) is 18.0. The number of nitrogens with zero attached hydrogens (tertiary/aromatic N) is 4. The average molecular weight is 473 g/mol. The third-order valence-electron chi connectivity index (χ3n) is 5.58. The Hall–Kier alpha value is -3.37. The number of piperazine rings is 1. The second-order valence-corrected chi connectivity index (χ2v) is 8.24. The maximum atomic E-state index is 12.3. The predicted octanol–water partition coefficient (Wildman–Crippen LogP) is 4.35.